The third-order valence-electron chi connectivity index (χ3n) is 3.50. The van der Waals surface area contributed by atoms with Crippen molar-refractivity contribution in [2.45, 2.75) is 24.9 Å². The van der Waals surface area contributed by atoms with Crippen LogP contribution in [0.2, 0.25) is 0 Å². The standard InChI is InChI=1S/C14H19BrN2O2/c1-19-9-8-17-13(18)7-6-12(16)14(17)10-2-4-11(15)5-3-10/h2-5,12,14H,6-9,16H2,1H3. The Bertz CT molecular complexity index is 436. The van der Waals surface area contributed by atoms with Gasteiger partial charge in [-0.15, -0.1) is 0 Å². The van der Waals surface area contributed by atoms with Crippen molar-refractivity contribution in [2.75, 3.05) is 20.3 Å². The van der Waals surface area contributed by atoms with Crippen molar-refractivity contribution in [1.29, 1.82) is 0 Å². The van der Waals surface area contributed by atoms with Gasteiger partial charge in [-0.3, -0.25) is 4.79 Å². The zero-order chi connectivity index (χ0) is 13.8. The van der Waals surface area contributed by atoms with Crippen molar-refractivity contribution in [3.63, 3.8) is 0 Å². The molecule has 2 rings (SSSR count). The number of hydrogen-bond donors (Lipinski definition) is 1. The van der Waals surface area contributed by atoms with E-state index in [2.05, 4.69) is 15.9 Å². The SMILES string of the molecule is COCCN1C(=O)CCC(N)C1c1ccc(Br)cc1. The number of ether oxygens (including phenoxy) is 1. The first-order chi connectivity index (χ1) is 9.13. The lowest BCUT2D eigenvalue weighted by molar-refractivity contribution is -0.138. The van der Waals surface area contributed by atoms with Crippen LogP contribution >= 0.6 is 15.9 Å². The Labute approximate surface area is 122 Å². The summed E-state index contributed by atoms with van der Waals surface area (Å²) in [6.45, 7) is 1.12. The highest BCUT2D eigenvalue weighted by Gasteiger charge is 2.34. The average Bonchev–Trinajstić information content (AvgIpc) is 2.41. The molecule has 0 spiro atoms. The lowest BCUT2D eigenvalue weighted by Gasteiger charge is -2.40. The van der Waals surface area contributed by atoms with Gasteiger partial charge in [0, 0.05) is 30.6 Å². The highest BCUT2D eigenvalue weighted by molar-refractivity contribution is 9.10. The van der Waals surface area contributed by atoms with Crippen molar-refractivity contribution < 1.29 is 9.53 Å². The number of methoxy groups -OCH3 is 1. The summed E-state index contributed by atoms with van der Waals surface area (Å²) in [5, 5.41) is 0. The summed E-state index contributed by atoms with van der Waals surface area (Å²) in [6, 6.07) is 7.94. The number of carbonyl (C=O) groups is 1. The third kappa shape index (κ3) is 3.35. The van der Waals surface area contributed by atoms with Crippen LogP contribution in [0.15, 0.2) is 28.7 Å². The van der Waals surface area contributed by atoms with Gasteiger partial charge in [-0.05, 0) is 24.1 Å². The van der Waals surface area contributed by atoms with E-state index < -0.39 is 0 Å². The minimum absolute atomic E-state index is 0.0178. The van der Waals surface area contributed by atoms with Crippen LogP contribution in [0.4, 0.5) is 0 Å². The Morgan fingerprint density at radius 3 is 2.74 bits per heavy atom. The molecule has 0 aliphatic carbocycles. The van der Waals surface area contributed by atoms with E-state index in [4.69, 9.17) is 10.5 Å². The van der Waals surface area contributed by atoms with Gasteiger partial charge in [0.1, 0.15) is 0 Å². The number of hydrogen-bond acceptors (Lipinski definition) is 3. The van der Waals surface area contributed by atoms with Gasteiger partial charge < -0.3 is 15.4 Å². The monoisotopic (exact) mass is 326 g/mol. The van der Waals surface area contributed by atoms with E-state index in [1.165, 1.54) is 0 Å². The first-order valence-corrected chi connectivity index (χ1v) is 7.22. The molecule has 2 N–H and O–H groups in total. The van der Waals surface area contributed by atoms with Gasteiger partial charge in [0.15, 0.2) is 0 Å². The maximum Gasteiger partial charge on any atom is 0.223 e. The molecule has 2 unspecified atom stereocenters. The fourth-order valence-electron chi connectivity index (χ4n) is 2.52. The molecule has 1 heterocycles. The molecule has 0 bridgehead atoms. The summed E-state index contributed by atoms with van der Waals surface area (Å²) in [6.07, 6.45) is 1.26. The van der Waals surface area contributed by atoms with Crippen LogP contribution in [0.5, 0.6) is 0 Å². The summed E-state index contributed by atoms with van der Waals surface area (Å²) in [4.78, 5) is 14.0. The van der Waals surface area contributed by atoms with E-state index in [-0.39, 0.29) is 18.0 Å². The second-order valence-corrected chi connectivity index (χ2v) is 5.69. The maximum atomic E-state index is 12.1. The topological polar surface area (TPSA) is 55.6 Å². The van der Waals surface area contributed by atoms with Crippen molar-refractivity contribution in [1.82, 2.24) is 4.90 Å². The molecular formula is C14H19BrN2O2. The number of nitrogens with zero attached hydrogens (tertiary/aromatic N) is 1. The van der Waals surface area contributed by atoms with Crippen LogP contribution < -0.4 is 5.73 Å². The van der Waals surface area contributed by atoms with Crippen LogP contribution in [0.1, 0.15) is 24.4 Å². The number of amides is 1. The van der Waals surface area contributed by atoms with Gasteiger partial charge in [0.25, 0.3) is 0 Å². The molecule has 1 aliphatic rings. The number of piperidine rings is 1. The second-order valence-electron chi connectivity index (χ2n) is 4.78. The minimum Gasteiger partial charge on any atom is -0.383 e. The lowest BCUT2D eigenvalue weighted by Crippen LogP contribution is -2.49. The Balaban J connectivity index is 2.25. The van der Waals surface area contributed by atoms with Gasteiger partial charge in [-0.25, -0.2) is 0 Å². The van der Waals surface area contributed by atoms with Crippen molar-refractivity contribution in [3.8, 4) is 0 Å². The summed E-state index contributed by atoms with van der Waals surface area (Å²) in [5.74, 6) is 0.159. The van der Waals surface area contributed by atoms with Crippen LogP contribution in [-0.4, -0.2) is 37.1 Å². The molecule has 0 saturated carbocycles. The molecule has 1 fully saturated rings. The zero-order valence-corrected chi connectivity index (χ0v) is 12.6. The van der Waals surface area contributed by atoms with Crippen molar-refractivity contribution >= 4 is 21.8 Å². The Morgan fingerprint density at radius 1 is 1.42 bits per heavy atom. The zero-order valence-electron chi connectivity index (χ0n) is 11.0. The third-order valence-corrected chi connectivity index (χ3v) is 4.03. The Morgan fingerprint density at radius 2 is 2.11 bits per heavy atom. The molecule has 1 aliphatic heterocycles. The Hall–Kier alpha value is -0.910. The van der Waals surface area contributed by atoms with Crippen molar-refractivity contribution in [2.24, 2.45) is 5.73 Å². The molecule has 1 saturated heterocycles. The number of halogens is 1. The molecule has 4 nitrogen and oxygen atoms in total. The van der Waals surface area contributed by atoms with E-state index in [0.717, 1.165) is 16.5 Å². The normalized spacial score (nSPS) is 23.7. The lowest BCUT2D eigenvalue weighted by atomic mass is 9.90. The molecule has 1 aromatic carbocycles. The second kappa shape index (κ2) is 6.50. The van der Waals surface area contributed by atoms with E-state index in [0.29, 0.717) is 19.6 Å². The molecular weight excluding hydrogens is 308 g/mol. The number of benzene rings is 1. The smallest absolute Gasteiger partial charge is 0.223 e. The van der Waals surface area contributed by atoms with Crippen LogP contribution in [0.3, 0.4) is 0 Å². The highest BCUT2D eigenvalue weighted by atomic mass is 79.9. The van der Waals surface area contributed by atoms with Crippen molar-refractivity contribution in [3.05, 3.63) is 34.3 Å². The van der Waals surface area contributed by atoms with Crippen LogP contribution in [0, 0.1) is 0 Å². The number of likely N-dealkylation sites (tertiary alicyclic amines) is 1. The molecule has 0 aromatic heterocycles. The molecule has 5 heteroatoms. The Kier molecular flexibility index (Phi) is 4.96. The molecule has 19 heavy (non-hydrogen) atoms. The van der Waals surface area contributed by atoms with Crippen LogP contribution in [0.25, 0.3) is 0 Å². The molecule has 2 atom stereocenters. The minimum atomic E-state index is -0.0514. The summed E-state index contributed by atoms with van der Waals surface area (Å²) in [5.41, 5.74) is 7.31. The molecule has 1 aromatic rings. The number of rotatable bonds is 4. The molecule has 104 valence electrons. The molecule has 0 radical (unpaired) electrons. The predicted molar refractivity (Wildman–Crippen MR) is 77.7 cm³/mol. The fourth-order valence-corrected chi connectivity index (χ4v) is 2.78. The predicted octanol–water partition coefficient (Wildman–Crippen LogP) is 2.09. The van der Waals surface area contributed by atoms with Gasteiger partial charge in [-0.2, -0.15) is 0 Å². The van der Waals surface area contributed by atoms with Gasteiger partial charge >= 0.3 is 0 Å². The number of carbonyl (C=O) groups excluding carboxylic acids is 1. The van der Waals surface area contributed by atoms with Gasteiger partial charge in [-0.1, -0.05) is 28.1 Å². The molecule has 1 amide bonds. The fraction of sp³-hybridized carbons (Fsp3) is 0.500. The highest BCUT2D eigenvalue weighted by Crippen LogP contribution is 2.31. The summed E-state index contributed by atoms with van der Waals surface area (Å²) < 4.78 is 6.11. The van der Waals surface area contributed by atoms with Crippen LogP contribution in [-0.2, 0) is 9.53 Å². The van der Waals surface area contributed by atoms with E-state index >= 15 is 0 Å². The van der Waals surface area contributed by atoms with E-state index in [1.54, 1.807) is 7.11 Å². The van der Waals surface area contributed by atoms with E-state index in [1.807, 2.05) is 29.2 Å². The summed E-state index contributed by atoms with van der Waals surface area (Å²) in [7, 11) is 1.64. The van der Waals surface area contributed by atoms with Gasteiger partial charge in [0.05, 0.1) is 12.6 Å². The maximum absolute atomic E-state index is 12.1. The van der Waals surface area contributed by atoms with E-state index in [9.17, 15) is 4.79 Å². The first-order valence-electron chi connectivity index (χ1n) is 6.43. The summed E-state index contributed by atoms with van der Waals surface area (Å²) >= 11 is 3.42. The average molecular weight is 327 g/mol. The quantitative estimate of drug-likeness (QED) is 0.921. The van der Waals surface area contributed by atoms with Gasteiger partial charge in [0.2, 0.25) is 5.91 Å². The number of nitrogens with two attached hydrogens (primary N) is 1. The first kappa shape index (κ1) is 14.5. The largest absolute Gasteiger partial charge is 0.383 e.